The quantitative estimate of drug-likeness (QED) is 0.560. The van der Waals surface area contributed by atoms with Crippen LogP contribution in [-0.4, -0.2) is 43.7 Å². The molecule has 2 aromatic rings. The fourth-order valence-corrected chi connectivity index (χ4v) is 4.18. The fraction of sp³-hybridized carbons (Fsp3) is 0.333. The Bertz CT molecular complexity index is 965. The van der Waals surface area contributed by atoms with E-state index in [4.69, 9.17) is 4.74 Å². The third-order valence-corrected chi connectivity index (χ3v) is 5.92. The molecular weight excluding hydrogens is 417 g/mol. The largest absolute Gasteiger partial charge is 0.496 e. The number of likely N-dealkylation sites (tertiary alicyclic amines) is 1. The Morgan fingerprint density at radius 2 is 1.93 bits per heavy atom. The van der Waals surface area contributed by atoms with Gasteiger partial charge in [0.25, 0.3) is 0 Å². The van der Waals surface area contributed by atoms with Crippen molar-refractivity contribution in [1.82, 2.24) is 4.90 Å². The Hall–Kier alpha value is -2.68. The first-order valence-electron chi connectivity index (χ1n) is 9.11. The van der Waals surface area contributed by atoms with Gasteiger partial charge in [-0.05, 0) is 36.1 Å². The molecule has 0 spiro atoms. The van der Waals surface area contributed by atoms with Crippen LogP contribution in [-0.2, 0) is 15.8 Å². The lowest BCUT2D eigenvalue weighted by molar-refractivity contribution is -0.139. The van der Waals surface area contributed by atoms with Gasteiger partial charge in [-0.2, -0.15) is 13.2 Å². The van der Waals surface area contributed by atoms with Gasteiger partial charge in [0.05, 0.1) is 18.4 Å². The van der Waals surface area contributed by atoms with E-state index in [1.165, 1.54) is 35.8 Å². The Kier molecular flexibility index (Phi) is 6.30. The number of hydrogen-bond donors (Lipinski definition) is 1. The number of methoxy groups -OCH3 is 1. The predicted molar refractivity (Wildman–Crippen MR) is 109 cm³/mol. The summed E-state index contributed by atoms with van der Waals surface area (Å²) in [4.78, 5) is 27.9. The number of hydrogen-bond acceptors (Lipinski definition) is 4. The molecule has 0 bridgehead atoms. The van der Waals surface area contributed by atoms with Crippen LogP contribution in [0, 0.1) is 5.92 Å². The molecule has 5 nitrogen and oxygen atoms in total. The van der Waals surface area contributed by atoms with Gasteiger partial charge in [-0.1, -0.05) is 18.2 Å². The normalized spacial score (nSPS) is 19.1. The highest BCUT2D eigenvalue weighted by Crippen LogP contribution is 2.41. The molecule has 1 saturated heterocycles. The van der Waals surface area contributed by atoms with Gasteiger partial charge in [0.2, 0.25) is 11.8 Å². The van der Waals surface area contributed by atoms with E-state index in [-0.39, 0.29) is 17.9 Å². The maximum Gasteiger partial charge on any atom is 0.419 e. The highest BCUT2D eigenvalue weighted by molar-refractivity contribution is 7.98. The molecule has 30 heavy (non-hydrogen) atoms. The Balaban J connectivity index is 1.96. The van der Waals surface area contributed by atoms with Crippen molar-refractivity contribution >= 4 is 29.3 Å². The third kappa shape index (κ3) is 4.26. The smallest absolute Gasteiger partial charge is 0.419 e. The lowest BCUT2D eigenvalue weighted by Gasteiger charge is -2.20. The Labute approximate surface area is 176 Å². The number of carbonyl (C=O) groups is 2. The van der Waals surface area contributed by atoms with Crippen LogP contribution in [0.5, 0.6) is 5.75 Å². The molecule has 0 radical (unpaired) electrons. The zero-order chi connectivity index (χ0) is 22.1. The molecular formula is C21H21F3N2O3S. The van der Waals surface area contributed by atoms with Crippen LogP contribution in [0.1, 0.15) is 17.0 Å². The van der Waals surface area contributed by atoms with Crippen LogP contribution in [0.4, 0.5) is 18.9 Å². The molecule has 9 heteroatoms. The Morgan fingerprint density at radius 3 is 2.57 bits per heavy atom. The van der Waals surface area contributed by atoms with Crippen LogP contribution in [0.25, 0.3) is 0 Å². The van der Waals surface area contributed by atoms with Crippen molar-refractivity contribution in [3.63, 3.8) is 0 Å². The van der Waals surface area contributed by atoms with Crippen LogP contribution in [0.3, 0.4) is 0 Å². The molecule has 0 aromatic heterocycles. The summed E-state index contributed by atoms with van der Waals surface area (Å²) in [7, 11) is 2.70. The van der Waals surface area contributed by atoms with Crippen molar-refractivity contribution in [3.05, 3.63) is 53.6 Å². The van der Waals surface area contributed by atoms with E-state index in [0.29, 0.717) is 5.69 Å². The van der Waals surface area contributed by atoms with Gasteiger partial charge in [-0.3, -0.25) is 9.59 Å². The minimum absolute atomic E-state index is 0.144. The molecule has 0 saturated carbocycles. The molecule has 0 aliphatic carbocycles. The molecule has 1 heterocycles. The number of carbonyl (C=O) groups excluding carboxylic acids is 2. The molecule has 2 atom stereocenters. The number of anilines is 1. The molecule has 2 amide bonds. The molecule has 2 aromatic carbocycles. The summed E-state index contributed by atoms with van der Waals surface area (Å²) in [5.41, 5.74) is -0.114. The molecule has 0 unspecified atom stereocenters. The Morgan fingerprint density at radius 1 is 1.23 bits per heavy atom. The summed E-state index contributed by atoms with van der Waals surface area (Å²) in [5, 5.41) is 2.77. The zero-order valence-electron chi connectivity index (χ0n) is 16.6. The molecule has 1 N–H and O–H groups in total. The van der Waals surface area contributed by atoms with Crippen LogP contribution in [0.2, 0.25) is 0 Å². The molecule has 160 valence electrons. The average molecular weight is 438 g/mol. The number of para-hydroxylation sites is 1. The monoisotopic (exact) mass is 438 g/mol. The summed E-state index contributed by atoms with van der Waals surface area (Å²) < 4.78 is 45.2. The van der Waals surface area contributed by atoms with Crippen molar-refractivity contribution in [2.45, 2.75) is 17.0 Å². The maximum atomic E-state index is 13.4. The number of rotatable bonds is 5. The number of alkyl halides is 3. The summed E-state index contributed by atoms with van der Waals surface area (Å²) in [5.74, 6) is -3.11. The number of nitrogens with one attached hydrogen (secondary N) is 1. The second-order valence-electron chi connectivity index (χ2n) is 6.95. The van der Waals surface area contributed by atoms with E-state index in [1.54, 1.807) is 12.1 Å². The van der Waals surface area contributed by atoms with Crippen molar-refractivity contribution in [1.29, 1.82) is 0 Å². The van der Waals surface area contributed by atoms with E-state index in [1.807, 2.05) is 18.4 Å². The van der Waals surface area contributed by atoms with Gasteiger partial charge in [-0.15, -0.1) is 11.8 Å². The average Bonchev–Trinajstić information content (AvgIpc) is 3.01. The molecule has 1 aliphatic rings. The lowest BCUT2D eigenvalue weighted by Crippen LogP contribution is -2.32. The number of thioether (sulfide) groups is 1. The third-order valence-electron chi connectivity index (χ3n) is 5.12. The van der Waals surface area contributed by atoms with Gasteiger partial charge in [0.1, 0.15) is 11.7 Å². The summed E-state index contributed by atoms with van der Waals surface area (Å²) in [6, 6.07) is 10.8. The molecule has 3 rings (SSSR count). The van der Waals surface area contributed by atoms with E-state index in [0.717, 1.165) is 18.1 Å². The molecule has 1 fully saturated rings. The van der Waals surface area contributed by atoms with Gasteiger partial charge in [0.15, 0.2) is 0 Å². The van der Waals surface area contributed by atoms with E-state index in [9.17, 15) is 22.8 Å². The predicted octanol–water partition coefficient (Wildman–Crippen LogP) is 4.25. The maximum absolute atomic E-state index is 13.4. The highest BCUT2D eigenvalue weighted by Gasteiger charge is 2.45. The van der Waals surface area contributed by atoms with Crippen molar-refractivity contribution in [3.8, 4) is 5.75 Å². The summed E-state index contributed by atoms with van der Waals surface area (Å²) in [6.07, 6.45) is -2.76. The number of ether oxygens (including phenoxy) is 1. The van der Waals surface area contributed by atoms with Gasteiger partial charge in [-0.25, -0.2) is 0 Å². The van der Waals surface area contributed by atoms with E-state index in [2.05, 4.69) is 5.32 Å². The van der Waals surface area contributed by atoms with Crippen molar-refractivity contribution in [2.24, 2.45) is 5.92 Å². The second kappa shape index (κ2) is 8.59. The van der Waals surface area contributed by atoms with Gasteiger partial charge >= 0.3 is 6.18 Å². The fourth-order valence-electron chi connectivity index (χ4n) is 3.63. The summed E-state index contributed by atoms with van der Waals surface area (Å²) >= 11 is 1.44. The van der Waals surface area contributed by atoms with Gasteiger partial charge < -0.3 is 15.0 Å². The minimum atomic E-state index is -4.62. The topological polar surface area (TPSA) is 58.6 Å². The number of benzene rings is 2. The number of likely N-dealkylation sites (N-methyl/N-ethyl adjacent to an activating group) is 1. The summed E-state index contributed by atoms with van der Waals surface area (Å²) in [6.45, 7) is 0.144. The lowest BCUT2D eigenvalue weighted by atomic mass is 9.86. The van der Waals surface area contributed by atoms with Crippen LogP contribution < -0.4 is 10.1 Å². The number of nitrogens with zero attached hydrogens (tertiary/aromatic N) is 1. The standard InChI is InChI=1S/C21H21F3N2O3S/c1-26-11-13(12-8-9-16(29-2)14(10-12)21(22,23)24)18(20(26)28)19(27)25-15-6-4-5-7-17(15)30-3/h4-10,13,18H,11H2,1-3H3,(H,25,27)/t13-,18+/m1/s1. The van der Waals surface area contributed by atoms with E-state index < -0.39 is 35.4 Å². The second-order valence-corrected chi connectivity index (χ2v) is 7.80. The first-order chi connectivity index (χ1) is 14.2. The minimum Gasteiger partial charge on any atom is -0.496 e. The van der Waals surface area contributed by atoms with Crippen molar-refractivity contribution in [2.75, 3.05) is 32.3 Å². The molecule has 1 aliphatic heterocycles. The first kappa shape index (κ1) is 22.0. The highest BCUT2D eigenvalue weighted by atomic mass is 32.2. The number of halogens is 3. The van der Waals surface area contributed by atoms with Crippen molar-refractivity contribution < 1.29 is 27.5 Å². The number of amides is 2. The van der Waals surface area contributed by atoms with E-state index >= 15 is 0 Å². The van der Waals surface area contributed by atoms with Crippen LogP contribution in [0.15, 0.2) is 47.4 Å². The van der Waals surface area contributed by atoms with Gasteiger partial charge in [0, 0.05) is 24.4 Å². The first-order valence-corrected chi connectivity index (χ1v) is 10.3. The SMILES string of the molecule is COc1ccc([C@H]2CN(C)C(=O)[C@@H]2C(=O)Nc2ccccc2SC)cc1C(F)(F)F. The zero-order valence-corrected chi connectivity index (χ0v) is 17.4. The van der Waals surface area contributed by atoms with Crippen LogP contribution >= 0.6 is 11.8 Å².